The number of halogens is 3. The largest absolute Gasteiger partial charge is 0.401 e. The Morgan fingerprint density at radius 3 is 2.40 bits per heavy atom. The highest BCUT2D eigenvalue weighted by Gasteiger charge is 2.25. The lowest BCUT2D eigenvalue weighted by molar-refractivity contribution is -0.124. The van der Waals surface area contributed by atoms with Crippen LogP contribution in [0.15, 0.2) is 0 Å². The van der Waals surface area contributed by atoms with E-state index >= 15 is 0 Å². The van der Waals surface area contributed by atoms with Crippen LogP contribution in [-0.4, -0.2) is 31.9 Å². The lowest BCUT2D eigenvalue weighted by atomic mass is 10.1. The van der Waals surface area contributed by atoms with Gasteiger partial charge in [0.1, 0.15) is 0 Å². The molecule has 0 rings (SSSR count). The summed E-state index contributed by atoms with van der Waals surface area (Å²) >= 11 is 0. The highest BCUT2D eigenvalue weighted by molar-refractivity contribution is 4.62. The Kier molecular flexibility index (Phi) is 7.78. The molecule has 0 aromatic heterocycles. The van der Waals surface area contributed by atoms with Crippen molar-refractivity contribution in [1.29, 1.82) is 0 Å². The summed E-state index contributed by atoms with van der Waals surface area (Å²) in [6.07, 6.45) is -0.716. The molecule has 0 aromatic rings. The molecule has 0 saturated heterocycles. The number of alkyl halides is 3. The van der Waals surface area contributed by atoms with Crippen molar-refractivity contribution in [3.8, 4) is 0 Å². The summed E-state index contributed by atoms with van der Waals surface area (Å²) in [7, 11) is 0. The molecule has 2 N–H and O–H groups in total. The summed E-state index contributed by atoms with van der Waals surface area (Å²) < 4.78 is 35.2. The predicted molar refractivity (Wildman–Crippen MR) is 55.9 cm³/mol. The lowest BCUT2D eigenvalue weighted by Crippen LogP contribution is -2.37. The van der Waals surface area contributed by atoms with Gasteiger partial charge in [-0.1, -0.05) is 19.8 Å². The van der Waals surface area contributed by atoms with Crippen LogP contribution in [0.3, 0.4) is 0 Å². The van der Waals surface area contributed by atoms with E-state index in [9.17, 15) is 13.2 Å². The average molecular weight is 226 g/mol. The van der Waals surface area contributed by atoms with E-state index in [-0.39, 0.29) is 0 Å². The first-order chi connectivity index (χ1) is 6.95. The Labute approximate surface area is 89.6 Å². The first kappa shape index (κ1) is 14.7. The first-order valence-corrected chi connectivity index (χ1v) is 5.46. The van der Waals surface area contributed by atoms with Gasteiger partial charge in [-0.25, -0.2) is 0 Å². The number of hydrogen-bond acceptors (Lipinski definition) is 2. The highest BCUT2D eigenvalue weighted by Crippen LogP contribution is 2.11. The van der Waals surface area contributed by atoms with Gasteiger partial charge in [-0.3, -0.25) is 0 Å². The smallest absolute Gasteiger partial charge is 0.313 e. The Bertz CT molecular complexity index is 148. The van der Waals surface area contributed by atoms with Crippen molar-refractivity contribution in [1.82, 2.24) is 10.6 Å². The van der Waals surface area contributed by atoms with E-state index in [1.165, 1.54) is 0 Å². The van der Waals surface area contributed by atoms with Crippen LogP contribution >= 0.6 is 0 Å². The number of rotatable bonds is 8. The fourth-order valence-electron chi connectivity index (χ4n) is 1.25. The van der Waals surface area contributed by atoms with Crippen LogP contribution in [0, 0.1) is 0 Å². The zero-order valence-corrected chi connectivity index (χ0v) is 9.45. The van der Waals surface area contributed by atoms with E-state index in [4.69, 9.17) is 0 Å². The molecule has 5 heteroatoms. The minimum absolute atomic E-state index is 0.357. The first-order valence-electron chi connectivity index (χ1n) is 5.46. The molecule has 92 valence electrons. The number of hydrogen-bond donors (Lipinski definition) is 2. The molecule has 0 aliphatic carbocycles. The van der Waals surface area contributed by atoms with Crippen LogP contribution in [-0.2, 0) is 0 Å². The molecule has 15 heavy (non-hydrogen) atoms. The predicted octanol–water partition coefficient (Wildman–Crippen LogP) is 2.31. The summed E-state index contributed by atoms with van der Waals surface area (Å²) in [4.78, 5) is 0. The SMILES string of the molecule is CCCCC(C)NCCNCC(F)(F)F. The van der Waals surface area contributed by atoms with Gasteiger partial charge in [0.15, 0.2) is 0 Å². The second kappa shape index (κ2) is 7.93. The van der Waals surface area contributed by atoms with Crippen molar-refractivity contribution in [2.45, 2.75) is 45.3 Å². The van der Waals surface area contributed by atoms with E-state index < -0.39 is 12.7 Å². The second-order valence-electron chi connectivity index (χ2n) is 3.79. The van der Waals surface area contributed by atoms with Gasteiger partial charge < -0.3 is 10.6 Å². The van der Waals surface area contributed by atoms with Crippen LogP contribution in [0.5, 0.6) is 0 Å². The van der Waals surface area contributed by atoms with Gasteiger partial charge in [0.25, 0.3) is 0 Å². The molecule has 0 aliphatic heterocycles. The van der Waals surface area contributed by atoms with E-state index in [0.717, 1.165) is 19.3 Å². The lowest BCUT2D eigenvalue weighted by Gasteiger charge is -2.14. The molecule has 2 nitrogen and oxygen atoms in total. The van der Waals surface area contributed by atoms with Crippen LogP contribution in [0.1, 0.15) is 33.1 Å². The molecular formula is C10H21F3N2. The van der Waals surface area contributed by atoms with Crippen LogP contribution in [0.25, 0.3) is 0 Å². The monoisotopic (exact) mass is 226 g/mol. The molecule has 0 spiro atoms. The standard InChI is InChI=1S/C10H21F3N2/c1-3-4-5-9(2)15-7-6-14-8-10(11,12)13/h9,14-15H,3-8H2,1-2H3. The van der Waals surface area contributed by atoms with Gasteiger partial charge in [-0.2, -0.15) is 13.2 Å². The maximum absolute atomic E-state index is 11.7. The summed E-state index contributed by atoms with van der Waals surface area (Å²) in [6.45, 7) is 4.21. The second-order valence-corrected chi connectivity index (χ2v) is 3.79. The van der Waals surface area contributed by atoms with E-state index in [2.05, 4.69) is 24.5 Å². The van der Waals surface area contributed by atoms with Gasteiger partial charge in [0.2, 0.25) is 0 Å². The summed E-state index contributed by atoms with van der Waals surface area (Å²) in [5.74, 6) is 0. The highest BCUT2D eigenvalue weighted by atomic mass is 19.4. The van der Waals surface area contributed by atoms with Crippen molar-refractivity contribution in [2.75, 3.05) is 19.6 Å². The minimum atomic E-state index is -4.10. The van der Waals surface area contributed by atoms with Crippen molar-refractivity contribution in [2.24, 2.45) is 0 Å². The van der Waals surface area contributed by atoms with Crippen molar-refractivity contribution in [3.05, 3.63) is 0 Å². The quantitative estimate of drug-likeness (QED) is 0.621. The van der Waals surface area contributed by atoms with E-state index in [0.29, 0.717) is 19.1 Å². The molecule has 1 unspecified atom stereocenters. The number of nitrogens with one attached hydrogen (secondary N) is 2. The summed E-state index contributed by atoms with van der Waals surface area (Å²) in [6, 6.07) is 0.387. The van der Waals surface area contributed by atoms with Crippen LogP contribution in [0.4, 0.5) is 13.2 Å². The minimum Gasteiger partial charge on any atom is -0.313 e. The van der Waals surface area contributed by atoms with Crippen molar-refractivity contribution >= 4 is 0 Å². The maximum atomic E-state index is 11.7. The Hall–Kier alpha value is -0.290. The van der Waals surface area contributed by atoms with Gasteiger partial charge in [-0.05, 0) is 13.3 Å². The molecule has 0 saturated carbocycles. The molecule has 0 bridgehead atoms. The molecule has 1 atom stereocenters. The normalized spacial score (nSPS) is 14.2. The molecule has 0 aromatic carbocycles. The van der Waals surface area contributed by atoms with Gasteiger partial charge in [0, 0.05) is 19.1 Å². The summed E-state index contributed by atoms with van der Waals surface area (Å²) in [5, 5.41) is 5.52. The van der Waals surface area contributed by atoms with Gasteiger partial charge >= 0.3 is 6.18 Å². The van der Waals surface area contributed by atoms with E-state index in [1.807, 2.05) is 0 Å². The molecule has 0 amide bonds. The fraction of sp³-hybridized carbons (Fsp3) is 1.00. The third kappa shape index (κ3) is 11.6. The Morgan fingerprint density at radius 2 is 1.87 bits per heavy atom. The topological polar surface area (TPSA) is 24.1 Å². The molecule has 0 heterocycles. The zero-order chi connectivity index (χ0) is 11.7. The van der Waals surface area contributed by atoms with Crippen molar-refractivity contribution < 1.29 is 13.2 Å². The van der Waals surface area contributed by atoms with Crippen LogP contribution < -0.4 is 10.6 Å². The fourth-order valence-corrected chi connectivity index (χ4v) is 1.25. The molecule has 0 fully saturated rings. The summed E-state index contributed by atoms with van der Waals surface area (Å²) in [5.41, 5.74) is 0. The third-order valence-corrected chi connectivity index (χ3v) is 2.11. The maximum Gasteiger partial charge on any atom is 0.401 e. The molecule has 0 radical (unpaired) electrons. The van der Waals surface area contributed by atoms with Gasteiger partial charge in [0.05, 0.1) is 6.54 Å². The van der Waals surface area contributed by atoms with E-state index in [1.54, 1.807) is 0 Å². The average Bonchev–Trinajstić information content (AvgIpc) is 2.12. The molecule has 0 aliphatic rings. The van der Waals surface area contributed by atoms with Crippen molar-refractivity contribution in [3.63, 3.8) is 0 Å². The number of unbranched alkanes of at least 4 members (excludes halogenated alkanes) is 1. The van der Waals surface area contributed by atoms with Gasteiger partial charge in [-0.15, -0.1) is 0 Å². The Morgan fingerprint density at radius 1 is 1.20 bits per heavy atom. The third-order valence-electron chi connectivity index (χ3n) is 2.11. The van der Waals surface area contributed by atoms with Crippen LogP contribution in [0.2, 0.25) is 0 Å². The zero-order valence-electron chi connectivity index (χ0n) is 9.45. The molecular weight excluding hydrogens is 205 g/mol. The Balaban J connectivity index is 3.23.